The molecule has 3 N–H and O–H groups in total. The first-order chi connectivity index (χ1) is 5.24. The van der Waals surface area contributed by atoms with E-state index in [1.165, 1.54) is 0 Å². The van der Waals surface area contributed by atoms with Crippen molar-refractivity contribution >= 4 is 5.69 Å². The summed E-state index contributed by atoms with van der Waals surface area (Å²) in [6.07, 6.45) is 0. The summed E-state index contributed by atoms with van der Waals surface area (Å²) in [5, 5.41) is 2.48. The van der Waals surface area contributed by atoms with Crippen LogP contribution in [0.15, 0.2) is 18.2 Å². The molecule has 0 saturated heterocycles. The first-order valence-corrected chi connectivity index (χ1v) is 3.13. The number of nitrogens with two attached hydrogens (primary N) is 1. The van der Waals surface area contributed by atoms with E-state index in [1.807, 2.05) is 0 Å². The Morgan fingerprint density at radius 1 is 1.36 bits per heavy atom. The van der Waals surface area contributed by atoms with E-state index in [9.17, 15) is 8.78 Å². The van der Waals surface area contributed by atoms with Gasteiger partial charge < -0.3 is 11.1 Å². The van der Waals surface area contributed by atoms with E-state index in [0.717, 1.165) is 18.2 Å². The summed E-state index contributed by atoms with van der Waals surface area (Å²) in [4.78, 5) is 0. The maximum atomic E-state index is 12.7. The van der Waals surface area contributed by atoms with E-state index < -0.39 is 11.6 Å². The van der Waals surface area contributed by atoms with Crippen molar-refractivity contribution in [1.29, 1.82) is 0 Å². The highest BCUT2D eigenvalue weighted by Gasteiger charge is 2.00. The van der Waals surface area contributed by atoms with Crippen LogP contribution in [0.1, 0.15) is 0 Å². The molecule has 0 aromatic heterocycles. The number of nitrogens with one attached hydrogen (secondary N) is 1. The minimum absolute atomic E-state index is 0.0837. The van der Waals surface area contributed by atoms with Gasteiger partial charge in [0.05, 0.1) is 12.4 Å². The van der Waals surface area contributed by atoms with Gasteiger partial charge in [-0.15, -0.1) is 0 Å². The van der Waals surface area contributed by atoms with Gasteiger partial charge in [0.1, 0.15) is 11.6 Å². The monoisotopic (exact) mass is 158 g/mol. The molecular formula is C7H8F2N2. The minimum atomic E-state index is -0.503. The lowest BCUT2D eigenvalue weighted by atomic mass is 10.3. The van der Waals surface area contributed by atoms with E-state index in [1.54, 1.807) is 0 Å². The Balaban J connectivity index is 2.93. The molecule has 0 fully saturated rings. The van der Waals surface area contributed by atoms with E-state index in [2.05, 4.69) is 5.32 Å². The molecular weight excluding hydrogens is 150 g/mol. The quantitative estimate of drug-likeness (QED) is 0.636. The van der Waals surface area contributed by atoms with Gasteiger partial charge in [-0.2, -0.15) is 0 Å². The molecule has 0 radical (unpaired) electrons. The van der Waals surface area contributed by atoms with Crippen LogP contribution in [0, 0.1) is 11.6 Å². The minimum Gasteiger partial charge on any atom is -0.370 e. The van der Waals surface area contributed by atoms with Crippen LogP contribution in [0.2, 0.25) is 0 Å². The van der Waals surface area contributed by atoms with Gasteiger partial charge in [0.15, 0.2) is 0 Å². The van der Waals surface area contributed by atoms with E-state index in [4.69, 9.17) is 5.73 Å². The normalized spacial score (nSPS) is 9.73. The molecule has 4 heteroatoms. The lowest BCUT2D eigenvalue weighted by Gasteiger charge is -2.03. The van der Waals surface area contributed by atoms with E-state index in [0.29, 0.717) is 0 Å². The Labute approximate surface area is 63.0 Å². The predicted molar refractivity (Wildman–Crippen MR) is 39.0 cm³/mol. The second-order valence-electron chi connectivity index (χ2n) is 2.01. The lowest BCUT2D eigenvalue weighted by Crippen LogP contribution is -2.11. The smallest absolute Gasteiger partial charge is 0.146 e. The number of benzene rings is 1. The van der Waals surface area contributed by atoms with Crippen LogP contribution in [0.25, 0.3) is 0 Å². The summed E-state index contributed by atoms with van der Waals surface area (Å²) < 4.78 is 25.1. The van der Waals surface area contributed by atoms with Crippen molar-refractivity contribution in [2.24, 2.45) is 5.73 Å². The van der Waals surface area contributed by atoms with Gasteiger partial charge in [-0.1, -0.05) is 0 Å². The molecule has 0 saturated carbocycles. The Morgan fingerprint density at radius 3 is 2.73 bits per heavy atom. The van der Waals surface area contributed by atoms with Gasteiger partial charge in [0.25, 0.3) is 0 Å². The van der Waals surface area contributed by atoms with Crippen LogP contribution < -0.4 is 11.1 Å². The molecule has 0 atom stereocenters. The molecule has 0 heterocycles. The second-order valence-corrected chi connectivity index (χ2v) is 2.01. The highest BCUT2D eigenvalue weighted by atomic mass is 19.1. The van der Waals surface area contributed by atoms with Gasteiger partial charge >= 0.3 is 0 Å². The number of halogens is 2. The zero-order valence-electron chi connectivity index (χ0n) is 5.77. The van der Waals surface area contributed by atoms with Gasteiger partial charge in [-0.3, -0.25) is 0 Å². The number of anilines is 1. The molecule has 60 valence electrons. The topological polar surface area (TPSA) is 38.0 Å². The van der Waals surface area contributed by atoms with Crippen LogP contribution in [-0.2, 0) is 0 Å². The van der Waals surface area contributed by atoms with Crippen molar-refractivity contribution in [1.82, 2.24) is 0 Å². The molecule has 0 spiro atoms. The maximum absolute atomic E-state index is 12.7. The highest BCUT2D eigenvalue weighted by Crippen LogP contribution is 2.13. The fourth-order valence-corrected chi connectivity index (χ4v) is 0.743. The van der Waals surface area contributed by atoms with Crippen molar-refractivity contribution in [3.63, 3.8) is 0 Å². The summed E-state index contributed by atoms with van der Waals surface area (Å²) in [6.45, 7) is 0.0837. The zero-order chi connectivity index (χ0) is 8.27. The second kappa shape index (κ2) is 3.30. The average molecular weight is 158 g/mol. The SMILES string of the molecule is NCNc1cc(F)ccc1F. The molecule has 0 aliphatic rings. The number of hydrogen-bond donors (Lipinski definition) is 2. The third kappa shape index (κ3) is 1.88. The molecule has 0 unspecified atom stereocenters. The number of rotatable bonds is 2. The summed E-state index contributed by atoms with van der Waals surface area (Å²) >= 11 is 0. The van der Waals surface area contributed by atoms with Crippen molar-refractivity contribution in [2.45, 2.75) is 0 Å². The molecule has 0 aliphatic carbocycles. The third-order valence-corrected chi connectivity index (χ3v) is 1.22. The molecule has 11 heavy (non-hydrogen) atoms. The zero-order valence-corrected chi connectivity index (χ0v) is 5.77. The average Bonchev–Trinajstić information content (AvgIpc) is 1.98. The van der Waals surface area contributed by atoms with Gasteiger partial charge in [-0.05, 0) is 18.2 Å². The summed E-state index contributed by atoms with van der Waals surface area (Å²) in [7, 11) is 0. The Kier molecular flexibility index (Phi) is 2.38. The predicted octanol–water partition coefficient (Wildman–Crippen LogP) is 1.29. The molecule has 1 rings (SSSR count). The van der Waals surface area contributed by atoms with Crippen LogP contribution in [0.3, 0.4) is 0 Å². The van der Waals surface area contributed by atoms with E-state index >= 15 is 0 Å². The lowest BCUT2D eigenvalue weighted by molar-refractivity contribution is 0.602. The van der Waals surface area contributed by atoms with Crippen LogP contribution >= 0.6 is 0 Å². The third-order valence-electron chi connectivity index (χ3n) is 1.22. The van der Waals surface area contributed by atoms with Crippen molar-refractivity contribution in [3.05, 3.63) is 29.8 Å². The molecule has 2 nitrogen and oxygen atoms in total. The first kappa shape index (κ1) is 7.94. The van der Waals surface area contributed by atoms with Gasteiger partial charge in [0, 0.05) is 0 Å². The van der Waals surface area contributed by atoms with Gasteiger partial charge in [0.2, 0.25) is 0 Å². The first-order valence-electron chi connectivity index (χ1n) is 3.13. The summed E-state index contributed by atoms with van der Waals surface area (Å²) in [5.74, 6) is -0.987. The van der Waals surface area contributed by atoms with Gasteiger partial charge in [-0.25, -0.2) is 8.78 Å². The number of hydrogen-bond acceptors (Lipinski definition) is 2. The van der Waals surface area contributed by atoms with Crippen LogP contribution in [0.4, 0.5) is 14.5 Å². The Hall–Kier alpha value is -1.16. The van der Waals surface area contributed by atoms with E-state index in [-0.39, 0.29) is 12.4 Å². The Morgan fingerprint density at radius 2 is 2.09 bits per heavy atom. The molecule has 0 amide bonds. The largest absolute Gasteiger partial charge is 0.370 e. The fraction of sp³-hybridized carbons (Fsp3) is 0.143. The van der Waals surface area contributed by atoms with Crippen LogP contribution in [0.5, 0.6) is 0 Å². The Bertz CT molecular complexity index is 250. The molecule has 1 aromatic carbocycles. The van der Waals surface area contributed by atoms with Crippen LogP contribution in [-0.4, -0.2) is 6.67 Å². The fourth-order valence-electron chi connectivity index (χ4n) is 0.743. The molecule has 1 aromatic rings. The van der Waals surface area contributed by atoms with Crippen molar-refractivity contribution in [3.8, 4) is 0 Å². The highest BCUT2D eigenvalue weighted by molar-refractivity contribution is 5.44. The maximum Gasteiger partial charge on any atom is 0.146 e. The van der Waals surface area contributed by atoms with Crippen molar-refractivity contribution < 1.29 is 8.78 Å². The standard InChI is InChI=1S/C7H8F2N2/c8-5-1-2-6(9)7(3-5)11-4-10/h1-3,11H,4,10H2. The molecule has 0 aliphatic heterocycles. The molecule has 0 bridgehead atoms. The summed E-state index contributed by atoms with van der Waals surface area (Å²) in [6, 6.07) is 3.16. The van der Waals surface area contributed by atoms with Crippen molar-refractivity contribution in [2.75, 3.05) is 12.0 Å². The summed E-state index contributed by atoms with van der Waals surface area (Å²) in [5.41, 5.74) is 5.17.